The Labute approximate surface area is 209 Å². The minimum Gasteiger partial charge on any atom is -0.497 e. The molecule has 7 nitrogen and oxygen atoms in total. The van der Waals surface area contributed by atoms with Crippen LogP contribution in [0, 0.1) is 5.92 Å². The van der Waals surface area contributed by atoms with Crippen molar-refractivity contribution < 1.29 is 18.8 Å². The molecule has 3 aromatic carbocycles. The van der Waals surface area contributed by atoms with E-state index in [-0.39, 0.29) is 11.8 Å². The summed E-state index contributed by atoms with van der Waals surface area (Å²) < 4.78 is 16.5. The highest BCUT2D eigenvalue weighted by Gasteiger charge is 2.25. The molecule has 0 spiro atoms. The van der Waals surface area contributed by atoms with Crippen LogP contribution in [0.15, 0.2) is 77.3 Å². The second-order valence-electron chi connectivity index (χ2n) is 8.32. The molecule has 4 rings (SSSR count). The molecule has 0 saturated carbocycles. The molecule has 0 aliphatic heterocycles. The molecule has 35 heavy (non-hydrogen) atoms. The second-order valence-corrected chi connectivity index (χ2v) is 8.76. The van der Waals surface area contributed by atoms with Crippen molar-refractivity contribution in [2.45, 2.75) is 26.5 Å². The quantitative estimate of drug-likeness (QED) is 0.304. The highest BCUT2D eigenvalue weighted by atomic mass is 35.5. The first kappa shape index (κ1) is 24.3. The van der Waals surface area contributed by atoms with Crippen LogP contribution in [0.2, 0.25) is 5.02 Å². The number of rotatable bonds is 9. The van der Waals surface area contributed by atoms with Gasteiger partial charge in [0.1, 0.15) is 24.1 Å². The van der Waals surface area contributed by atoms with Gasteiger partial charge in [-0.3, -0.25) is 4.79 Å². The molecule has 0 saturated heterocycles. The van der Waals surface area contributed by atoms with Gasteiger partial charge in [0.2, 0.25) is 11.7 Å². The molecule has 1 heterocycles. The van der Waals surface area contributed by atoms with Gasteiger partial charge in [-0.1, -0.05) is 42.7 Å². The van der Waals surface area contributed by atoms with Crippen molar-refractivity contribution in [1.29, 1.82) is 0 Å². The third kappa shape index (κ3) is 6.19. The topological polar surface area (TPSA) is 86.5 Å². The Bertz CT molecular complexity index is 1250. The number of carbonyl (C=O) groups excluding carboxylic acids is 1. The molecule has 180 valence electrons. The normalized spacial score (nSPS) is 11.8. The smallest absolute Gasteiger partial charge is 0.251 e. The fourth-order valence-corrected chi connectivity index (χ4v) is 3.53. The van der Waals surface area contributed by atoms with E-state index in [2.05, 4.69) is 15.5 Å². The van der Waals surface area contributed by atoms with Crippen LogP contribution in [-0.4, -0.2) is 23.2 Å². The van der Waals surface area contributed by atoms with Crippen molar-refractivity contribution in [3.8, 4) is 22.9 Å². The van der Waals surface area contributed by atoms with Crippen LogP contribution in [0.5, 0.6) is 11.5 Å². The first-order chi connectivity index (χ1) is 16.9. The average Bonchev–Trinajstić information content (AvgIpc) is 3.37. The summed E-state index contributed by atoms with van der Waals surface area (Å²) in [6, 6.07) is 21.4. The van der Waals surface area contributed by atoms with Gasteiger partial charge in [-0.25, -0.2) is 0 Å². The predicted molar refractivity (Wildman–Crippen MR) is 134 cm³/mol. The molecular formula is C27H26ClN3O4. The summed E-state index contributed by atoms with van der Waals surface area (Å²) in [4.78, 5) is 17.4. The first-order valence-corrected chi connectivity index (χ1v) is 11.6. The lowest BCUT2D eigenvalue weighted by molar-refractivity contribution is 0.0914. The van der Waals surface area contributed by atoms with E-state index in [1.165, 1.54) is 0 Å². The number of aromatic nitrogens is 2. The van der Waals surface area contributed by atoms with Crippen LogP contribution < -0.4 is 14.8 Å². The van der Waals surface area contributed by atoms with Crippen LogP contribution in [0.4, 0.5) is 0 Å². The van der Waals surface area contributed by atoms with E-state index in [1.807, 2.05) is 62.4 Å². The standard InChI is InChI=1S/C27H26ClN3O4/c1-17(2)24(27-30-25(31-35-27)19-6-12-22(33-3)13-7-19)29-26(32)20-8-14-23(15-9-20)34-16-18-4-10-21(28)11-5-18/h4-15,17,24H,16H2,1-3H3,(H,29,32). The average molecular weight is 492 g/mol. The maximum absolute atomic E-state index is 12.9. The van der Waals surface area contributed by atoms with E-state index in [9.17, 15) is 4.79 Å². The zero-order valence-electron chi connectivity index (χ0n) is 19.7. The zero-order valence-corrected chi connectivity index (χ0v) is 20.5. The number of benzene rings is 3. The summed E-state index contributed by atoms with van der Waals surface area (Å²) in [5, 5.41) is 7.77. The Morgan fingerprint density at radius 2 is 1.63 bits per heavy atom. The molecule has 0 aliphatic carbocycles. The Morgan fingerprint density at radius 3 is 2.26 bits per heavy atom. The molecular weight excluding hydrogens is 466 g/mol. The lowest BCUT2D eigenvalue weighted by atomic mass is 10.0. The van der Waals surface area contributed by atoms with Crippen LogP contribution in [0.25, 0.3) is 11.4 Å². The van der Waals surface area contributed by atoms with Gasteiger partial charge in [0.15, 0.2) is 0 Å². The highest BCUT2D eigenvalue weighted by molar-refractivity contribution is 6.30. The summed E-state index contributed by atoms with van der Waals surface area (Å²) >= 11 is 5.91. The van der Waals surface area contributed by atoms with E-state index < -0.39 is 6.04 Å². The second kappa shape index (κ2) is 11.1. The third-order valence-corrected chi connectivity index (χ3v) is 5.70. The van der Waals surface area contributed by atoms with Crippen LogP contribution >= 0.6 is 11.6 Å². The van der Waals surface area contributed by atoms with Crippen molar-refractivity contribution in [2.75, 3.05) is 7.11 Å². The van der Waals surface area contributed by atoms with Crippen molar-refractivity contribution in [1.82, 2.24) is 15.5 Å². The SMILES string of the molecule is COc1ccc(-c2noc(C(NC(=O)c3ccc(OCc4ccc(Cl)cc4)cc3)C(C)C)n2)cc1. The summed E-state index contributed by atoms with van der Waals surface area (Å²) in [6.45, 7) is 4.37. The third-order valence-electron chi connectivity index (χ3n) is 5.44. The van der Waals surface area contributed by atoms with Crippen LogP contribution in [-0.2, 0) is 6.61 Å². The summed E-state index contributed by atoms with van der Waals surface area (Å²) in [7, 11) is 1.61. The lowest BCUT2D eigenvalue weighted by Gasteiger charge is -2.18. The van der Waals surface area contributed by atoms with Crippen LogP contribution in [0.1, 0.15) is 41.7 Å². The highest BCUT2D eigenvalue weighted by Crippen LogP contribution is 2.25. The van der Waals surface area contributed by atoms with E-state index in [1.54, 1.807) is 31.4 Å². The maximum atomic E-state index is 12.9. The first-order valence-electron chi connectivity index (χ1n) is 11.2. The van der Waals surface area contributed by atoms with E-state index in [0.29, 0.717) is 34.7 Å². The summed E-state index contributed by atoms with van der Waals surface area (Å²) in [6.07, 6.45) is 0. The molecule has 4 aromatic rings. The molecule has 0 radical (unpaired) electrons. The minimum absolute atomic E-state index is 0.0325. The Hall–Kier alpha value is -3.84. The number of hydrogen-bond donors (Lipinski definition) is 1. The predicted octanol–water partition coefficient (Wildman–Crippen LogP) is 6.10. The molecule has 0 bridgehead atoms. The van der Waals surface area contributed by atoms with Gasteiger partial charge in [0, 0.05) is 16.1 Å². The molecule has 8 heteroatoms. The fraction of sp³-hybridized carbons (Fsp3) is 0.222. The largest absolute Gasteiger partial charge is 0.497 e. The number of methoxy groups -OCH3 is 1. The number of nitrogens with one attached hydrogen (secondary N) is 1. The molecule has 1 amide bonds. The fourth-order valence-electron chi connectivity index (χ4n) is 3.41. The maximum Gasteiger partial charge on any atom is 0.251 e. The van der Waals surface area contributed by atoms with Crippen LogP contribution in [0.3, 0.4) is 0 Å². The molecule has 1 N–H and O–H groups in total. The number of hydrogen-bond acceptors (Lipinski definition) is 6. The van der Waals surface area contributed by atoms with Gasteiger partial charge in [0.25, 0.3) is 5.91 Å². The van der Waals surface area contributed by atoms with Gasteiger partial charge >= 0.3 is 0 Å². The Morgan fingerprint density at radius 1 is 0.971 bits per heavy atom. The molecule has 1 atom stereocenters. The van der Waals surface area contributed by atoms with Gasteiger partial charge in [-0.15, -0.1) is 0 Å². The summed E-state index contributed by atoms with van der Waals surface area (Å²) in [5.41, 5.74) is 2.30. The van der Waals surface area contributed by atoms with Gasteiger partial charge in [-0.05, 0) is 72.1 Å². The molecule has 1 aromatic heterocycles. The lowest BCUT2D eigenvalue weighted by Crippen LogP contribution is -2.32. The molecule has 0 fully saturated rings. The number of nitrogens with zero attached hydrogens (tertiary/aromatic N) is 2. The van der Waals surface area contributed by atoms with E-state index >= 15 is 0 Å². The Kier molecular flexibility index (Phi) is 7.67. The van der Waals surface area contributed by atoms with Crippen molar-refractivity contribution in [3.05, 3.63) is 94.8 Å². The molecule has 1 unspecified atom stereocenters. The monoisotopic (exact) mass is 491 g/mol. The number of carbonyl (C=O) groups is 1. The number of amides is 1. The van der Waals surface area contributed by atoms with Crippen molar-refractivity contribution in [3.63, 3.8) is 0 Å². The zero-order chi connectivity index (χ0) is 24.8. The van der Waals surface area contributed by atoms with Gasteiger partial charge < -0.3 is 19.3 Å². The van der Waals surface area contributed by atoms with Crippen molar-refractivity contribution >= 4 is 17.5 Å². The minimum atomic E-state index is -0.442. The number of halogens is 1. The van der Waals surface area contributed by atoms with E-state index in [0.717, 1.165) is 16.9 Å². The van der Waals surface area contributed by atoms with E-state index in [4.69, 9.17) is 25.6 Å². The Balaban J connectivity index is 1.40. The summed E-state index contributed by atoms with van der Waals surface area (Å²) in [5.74, 6) is 2.00. The molecule has 0 aliphatic rings. The van der Waals surface area contributed by atoms with Crippen molar-refractivity contribution in [2.24, 2.45) is 5.92 Å². The van der Waals surface area contributed by atoms with Gasteiger partial charge in [-0.2, -0.15) is 4.98 Å². The van der Waals surface area contributed by atoms with Gasteiger partial charge in [0.05, 0.1) is 7.11 Å². The number of ether oxygens (including phenoxy) is 2.